The van der Waals surface area contributed by atoms with Gasteiger partial charge in [0, 0.05) is 38.6 Å². The number of carbonyl (C=O) groups excluding carboxylic acids is 1. The smallest absolute Gasteiger partial charge is 0.280 e. The van der Waals surface area contributed by atoms with Crippen molar-refractivity contribution in [2.24, 2.45) is 0 Å². The second-order valence-electron chi connectivity index (χ2n) is 7.26. The summed E-state index contributed by atoms with van der Waals surface area (Å²) >= 11 is 1.55. The Kier molecular flexibility index (Phi) is 6.13. The molecule has 0 bridgehead atoms. The Hall–Kier alpha value is -2.42. The first kappa shape index (κ1) is 19.9. The lowest BCUT2D eigenvalue weighted by Gasteiger charge is -2.27. The molecule has 29 heavy (non-hydrogen) atoms. The topological polar surface area (TPSA) is 71.5 Å². The maximum atomic E-state index is 13.2. The minimum Gasteiger partial charge on any atom is -0.379 e. The van der Waals surface area contributed by atoms with Gasteiger partial charge in [-0.15, -0.1) is 0 Å². The predicted molar refractivity (Wildman–Crippen MR) is 115 cm³/mol. The van der Waals surface area contributed by atoms with E-state index in [1.165, 1.54) is 17.3 Å². The van der Waals surface area contributed by atoms with Crippen LogP contribution in [0.3, 0.4) is 0 Å². The Morgan fingerprint density at radius 2 is 2.00 bits per heavy atom. The summed E-state index contributed by atoms with van der Waals surface area (Å²) in [5.41, 5.74) is 3.70. The molecule has 4 rings (SSSR count). The van der Waals surface area contributed by atoms with Crippen LogP contribution in [0.4, 0.5) is 5.13 Å². The zero-order valence-corrected chi connectivity index (χ0v) is 17.6. The van der Waals surface area contributed by atoms with E-state index in [0.717, 1.165) is 49.5 Å². The molecule has 0 atom stereocenters. The second-order valence-corrected chi connectivity index (χ2v) is 8.26. The average molecular weight is 412 g/mol. The van der Waals surface area contributed by atoms with Gasteiger partial charge in [0.05, 0.1) is 29.6 Å². The molecule has 0 radical (unpaired) electrons. The van der Waals surface area contributed by atoms with Crippen LogP contribution in [0.1, 0.15) is 28.0 Å². The van der Waals surface area contributed by atoms with Crippen LogP contribution in [0, 0.1) is 13.8 Å². The van der Waals surface area contributed by atoms with Crippen molar-refractivity contribution in [3.05, 3.63) is 47.5 Å². The normalized spacial score (nSPS) is 15.0. The van der Waals surface area contributed by atoms with Crippen molar-refractivity contribution < 1.29 is 9.53 Å². The molecular formula is C21H25N5O2S. The van der Waals surface area contributed by atoms with Gasteiger partial charge in [-0.25, -0.2) is 9.97 Å². The number of carbonyl (C=O) groups is 1. The molecular weight excluding hydrogens is 386 g/mol. The molecule has 1 fully saturated rings. The van der Waals surface area contributed by atoms with E-state index in [1.807, 2.05) is 0 Å². The van der Waals surface area contributed by atoms with Crippen molar-refractivity contribution in [3.8, 4) is 0 Å². The van der Waals surface area contributed by atoms with Gasteiger partial charge in [0.15, 0.2) is 5.13 Å². The van der Waals surface area contributed by atoms with E-state index in [0.29, 0.717) is 17.4 Å². The van der Waals surface area contributed by atoms with E-state index < -0.39 is 0 Å². The quantitative estimate of drug-likeness (QED) is 0.621. The Bertz CT molecular complexity index is 946. The van der Waals surface area contributed by atoms with Gasteiger partial charge in [0.2, 0.25) is 0 Å². The molecule has 1 aromatic carbocycles. The number of amides is 1. The molecule has 0 saturated carbocycles. The predicted octanol–water partition coefficient (Wildman–Crippen LogP) is 3.07. The molecule has 0 spiro atoms. The Morgan fingerprint density at radius 3 is 2.76 bits per heavy atom. The summed E-state index contributed by atoms with van der Waals surface area (Å²) in [6, 6.07) is 4.23. The molecule has 7 nitrogen and oxygen atoms in total. The molecule has 3 aromatic rings. The van der Waals surface area contributed by atoms with Crippen LogP contribution >= 0.6 is 11.3 Å². The zero-order chi connectivity index (χ0) is 20.2. The van der Waals surface area contributed by atoms with E-state index in [2.05, 4.69) is 40.8 Å². The van der Waals surface area contributed by atoms with E-state index >= 15 is 0 Å². The summed E-state index contributed by atoms with van der Waals surface area (Å²) in [4.78, 5) is 30.3. The first-order valence-corrected chi connectivity index (χ1v) is 10.7. The Morgan fingerprint density at radius 1 is 1.21 bits per heavy atom. The van der Waals surface area contributed by atoms with Gasteiger partial charge < -0.3 is 4.74 Å². The number of aryl methyl sites for hydroxylation is 2. The van der Waals surface area contributed by atoms with Gasteiger partial charge in [0.1, 0.15) is 5.69 Å². The lowest BCUT2D eigenvalue weighted by molar-refractivity contribution is 0.0376. The number of hydrogen-bond acceptors (Lipinski definition) is 7. The van der Waals surface area contributed by atoms with Crippen molar-refractivity contribution in [2.45, 2.75) is 20.3 Å². The van der Waals surface area contributed by atoms with Crippen LogP contribution in [0.25, 0.3) is 10.2 Å². The molecule has 2 aromatic heterocycles. The highest BCUT2D eigenvalue weighted by molar-refractivity contribution is 7.22. The highest BCUT2D eigenvalue weighted by Crippen LogP contribution is 2.31. The Labute approximate surface area is 174 Å². The molecule has 1 saturated heterocycles. The van der Waals surface area contributed by atoms with Crippen molar-refractivity contribution in [1.82, 2.24) is 19.9 Å². The van der Waals surface area contributed by atoms with E-state index in [4.69, 9.17) is 9.72 Å². The van der Waals surface area contributed by atoms with Crippen LogP contribution in [-0.4, -0.2) is 65.2 Å². The largest absolute Gasteiger partial charge is 0.379 e. The number of anilines is 1. The number of thiazole rings is 1. The lowest BCUT2D eigenvalue weighted by atomic mass is 10.1. The number of fused-ring (bicyclic) bond motifs is 1. The zero-order valence-electron chi connectivity index (χ0n) is 16.8. The molecule has 8 heteroatoms. The third kappa shape index (κ3) is 4.60. The standard InChI is InChI=1S/C21H25N5O2S/c1-15-12-17-19(13-16(15)2)29-21(24-17)26(20(27)18-14-22-4-5-23-18)7-3-6-25-8-10-28-11-9-25/h4-5,12-14H,3,6-11H2,1-2H3. The summed E-state index contributed by atoms with van der Waals surface area (Å²) in [5.74, 6) is -0.160. The molecule has 1 aliphatic rings. The van der Waals surface area contributed by atoms with Crippen LogP contribution in [-0.2, 0) is 4.74 Å². The third-order valence-electron chi connectivity index (χ3n) is 5.21. The molecule has 3 heterocycles. The molecule has 0 unspecified atom stereocenters. The van der Waals surface area contributed by atoms with Crippen LogP contribution in [0.15, 0.2) is 30.7 Å². The number of morpholine rings is 1. The maximum absolute atomic E-state index is 13.2. The Balaban J connectivity index is 1.58. The summed E-state index contributed by atoms with van der Waals surface area (Å²) in [7, 11) is 0. The minimum absolute atomic E-state index is 0.160. The van der Waals surface area contributed by atoms with Gasteiger partial charge in [-0.3, -0.25) is 19.6 Å². The number of hydrogen-bond donors (Lipinski definition) is 0. The molecule has 1 amide bonds. The number of rotatable bonds is 6. The molecule has 152 valence electrons. The van der Waals surface area contributed by atoms with Crippen molar-refractivity contribution >= 4 is 32.6 Å². The number of ether oxygens (including phenoxy) is 1. The monoisotopic (exact) mass is 411 g/mol. The van der Waals surface area contributed by atoms with Gasteiger partial charge in [-0.05, 0) is 43.5 Å². The van der Waals surface area contributed by atoms with E-state index in [-0.39, 0.29) is 5.91 Å². The maximum Gasteiger partial charge on any atom is 0.280 e. The van der Waals surface area contributed by atoms with Crippen molar-refractivity contribution in [3.63, 3.8) is 0 Å². The van der Waals surface area contributed by atoms with E-state index in [1.54, 1.807) is 28.6 Å². The highest BCUT2D eigenvalue weighted by atomic mass is 32.1. The van der Waals surface area contributed by atoms with Gasteiger partial charge in [-0.1, -0.05) is 11.3 Å². The number of nitrogens with zero attached hydrogens (tertiary/aromatic N) is 5. The number of benzene rings is 1. The third-order valence-corrected chi connectivity index (χ3v) is 6.25. The van der Waals surface area contributed by atoms with Crippen LogP contribution < -0.4 is 4.90 Å². The average Bonchev–Trinajstić information content (AvgIpc) is 3.14. The van der Waals surface area contributed by atoms with Gasteiger partial charge in [0.25, 0.3) is 5.91 Å². The molecule has 0 N–H and O–H groups in total. The summed E-state index contributed by atoms with van der Waals surface area (Å²) in [6.45, 7) is 9.13. The molecule has 0 aliphatic carbocycles. The molecule has 1 aliphatic heterocycles. The minimum atomic E-state index is -0.160. The van der Waals surface area contributed by atoms with Gasteiger partial charge in [-0.2, -0.15) is 0 Å². The first-order chi connectivity index (χ1) is 14.1. The lowest BCUT2D eigenvalue weighted by Crippen LogP contribution is -2.39. The highest BCUT2D eigenvalue weighted by Gasteiger charge is 2.23. The van der Waals surface area contributed by atoms with Crippen LogP contribution in [0.5, 0.6) is 0 Å². The van der Waals surface area contributed by atoms with Crippen molar-refractivity contribution in [1.29, 1.82) is 0 Å². The second kappa shape index (κ2) is 8.94. The van der Waals surface area contributed by atoms with Crippen LogP contribution in [0.2, 0.25) is 0 Å². The fourth-order valence-electron chi connectivity index (χ4n) is 3.39. The SMILES string of the molecule is Cc1cc2nc(N(CCCN3CCOCC3)C(=O)c3cnccn3)sc2cc1C. The first-order valence-electron chi connectivity index (χ1n) is 9.87. The fourth-order valence-corrected chi connectivity index (χ4v) is 4.46. The summed E-state index contributed by atoms with van der Waals surface area (Å²) in [5, 5.41) is 0.711. The van der Waals surface area contributed by atoms with Gasteiger partial charge >= 0.3 is 0 Å². The van der Waals surface area contributed by atoms with Crippen molar-refractivity contribution in [2.75, 3.05) is 44.3 Å². The van der Waals surface area contributed by atoms with E-state index in [9.17, 15) is 4.79 Å². The summed E-state index contributed by atoms with van der Waals surface area (Å²) in [6.07, 6.45) is 5.49. The number of aromatic nitrogens is 3. The fraction of sp³-hybridized carbons (Fsp3) is 0.429. The summed E-state index contributed by atoms with van der Waals surface area (Å²) < 4.78 is 6.51.